The molecular weight excluding hydrogens is 268 g/mol. The van der Waals surface area contributed by atoms with Crippen molar-refractivity contribution >= 4 is 10.0 Å². The summed E-state index contributed by atoms with van der Waals surface area (Å²) in [5.41, 5.74) is 0.585. The van der Waals surface area contributed by atoms with E-state index in [0.717, 1.165) is 19.3 Å². The maximum atomic E-state index is 12.2. The van der Waals surface area contributed by atoms with E-state index in [2.05, 4.69) is 9.71 Å². The van der Waals surface area contributed by atoms with E-state index < -0.39 is 10.0 Å². The number of hydrogen-bond donors (Lipinski definition) is 2. The Hall–Kier alpha value is -1.02. The van der Waals surface area contributed by atoms with Crippen LogP contribution < -0.4 is 4.72 Å². The normalized spacial score (nSPS) is 29.8. The lowest BCUT2D eigenvalue weighted by Gasteiger charge is -2.19. The van der Waals surface area contributed by atoms with E-state index in [0.29, 0.717) is 5.56 Å². The number of hydrogen-bond acceptors (Lipinski definition) is 5. The van der Waals surface area contributed by atoms with Crippen LogP contribution in [0.25, 0.3) is 0 Å². The minimum absolute atomic E-state index is 0.00325. The predicted octanol–water partition coefficient (Wildman–Crippen LogP) is 0.172. The Morgan fingerprint density at radius 3 is 2.79 bits per heavy atom. The number of rotatable bonds is 4. The molecule has 0 radical (unpaired) electrons. The van der Waals surface area contributed by atoms with E-state index in [1.807, 2.05) is 0 Å². The molecule has 2 bridgehead atoms. The highest BCUT2D eigenvalue weighted by Gasteiger charge is 2.42. The number of aromatic nitrogens is 1. The Balaban J connectivity index is 1.75. The molecule has 3 atom stereocenters. The lowest BCUT2D eigenvalue weighted by atomic mass is 9.96. The molecule has 0 aromatic carbocycles. The number of fused-ring (bicyclic) bond motifs is 2. The highest BCUT2D eigenvalue weighted by Crippen LogP contribution is 2.34. The van der Waals surface area contributed by atoms with Crippen LogP contribution >= 0.6 is 0 Å². The summed E-state index contributed by atoms with van der Waals surface area (Å²) >= 11 is 0. The lowest BCUT2D eigenvalue weighted by molar-refractivity contribution is 0.0996. The van der Waals surface area contributed by atoms with Crippen molar-refractivity contribution in [1.29, 1.82) is 0 Å². The van der Waals surface area contributed by atoms with Gasteiger partial charge < -0.3 is 9.84 Å². The van der Waals surface area contributed by atoms with E-state index in [9.17, 15) is 8.42 Å². The van der Waals surface area contributed by atoms with E-state index in [1.165, 1.54) is 12.3 Å². The molecule has 0 spiro atoms. The molecule has 2 aliphatic heterocycles. The zero-order valence-electron chi connectivity index (χ0n) is 10.3. The first-order valence-corrected chi connectivity index (χ1v) is 7.80. The van der Waals surface area contributed by atoms with Gasteiger partial charge in [-0.15, -0.1) is 0 Å². The first kappa shape index (κ1) is 13.0. The van der Waals surface area contributed by atoms with E-state index in [1.54, 1.807) is 6.07 Å². The first-order valence-electron chi connectivity index (χ1n) is 6.32. The fourth-order valence-electron chi connectivity index (χ4n) is 2.68. The van der Waals surface area contributed by atoms with Crippen LogP contribution in [0.5, 0.6) is 0 Å². The number of aliphatic hydroxyl groups is 1. The average Bonchev–Trinajstić information content (AvgIpc) is 3.00. The molecule has 2 saturated heterocycles. The fraction of sp³-hybridized carbons (Fsp3) is 0.583. The topological polar surface area (TPSA) is 88.5 Å². The summed E-state index contributed by atoms with van der Waals surface area (Å²) in [6.07, 6.45) is 4.23. The average molecular weight is 284 g/mol. The maximum absolute atomic E-state index is 12.2. The molecular formula is C12H16N2O4S. The number of sulfonamides is 1. The maximum Gasteiger partial charge on any atom is 0.258 e. The van der Waals surface area contributed by atoms with Gasteiger partial charge in [0.2, 0.25) is 0 Å². The summed E-state index contributed by atoms with van der Waals surface area (Å²) in [4.78, 5) is 3.87. The molecule has 1 aromatic rings. The molecule has 0 saturated carbocycles. The zero-order valence-corrected chi connectivity index (χ0v) is 11.1. The van der Waals surface area contributed by atoms with Gasteiger partial charge in [-0.2, -0.15) is 0 Å². The van der Waals surface area contributed by atoms with Crippen molar-refractivity contribution in [2.75, 3.05) is 0 Å². The minimum atomic E-state index is -3.61. The molecule has 1 aromatic heterocycles. The summed E-state index contributed by atoms with van der Waals surface area (Å²) in [5, 5.41) is 8.89. The third kappa shape index (κ3) is 2.51. The van der Waals surface area contributed by atoms with Crippen LogP contribution in [0.3, 0.4) is 0 Å². The number of nitrogens with one attached hydrogen (secondary N) is 1. The van der Waals surface area contributed by atoms with Crippen molar-refractivity contribution in [2.24, 2.45) is 0 Å². The van der Waals surface area contributed by atoms with Gasteiger partial charge in [-0.3, -0.25) is 0 Å². The van der Waals surface area contributed by atoms with Crippen molar-refractivity contribution < 1.29 is 18.3 Å². The van der Waals surface area contributed by atoms with Crippen molar-refractivity contribution in [3.8, 4) is 0 Å². The Kier molecular flexibility index (Phi) is 3.30. The summed E-state index contributed by atoms with van der Waals surface area (Å²) in [6.45, 7) is -0.152. The summed E-state index contributed by atoms with van der Waals surface area (Å²) in [6, 6.07) is 2.81. The Morgan fingerprint density at radius 1 is 1.42 bits per heavy atom. The number of nitrogens with zero attached hydrogens (tertiary/aromatic N) is 1. The van der Waals surface area contributed by atoms with E-state index >= 15 is 0 Å². The van der Waals surface area contributed by atoms with Gasteiger partial charge >= 0.3 is 0 Å². The van der Waals surface area contributed by atoms with Crippen LogP contribution in [-0.4, -0.2) is 36.8 Å². The summed E-state index contributed by atoms with van der Waals surface area (Å²) in [5.74, 6) is 0. The molecule has 7 heteroatoms. The Bertz CT molecular complexity index is 558. The van der Waals surface area contributed by atoms with Gasteiger partial charge in [-0.05, 0) is 30.9 Å². The van der Waals surface area contributed by atoms with Gasteiger partial charge in [0.1, 0.15) is 0 Å². The minimum Gasteiger partial charge on any atom is -0.392 e. The van der Waals surface area contributed by atoms with Gasteiger partial charge in [0.05, 0.1) is 24.9 Å². The number of pyridine rings is 1. The quantitative estimate of drug-likeness (QED) is 0.823. The van der Waals surface area contributed by atoms with Crippen molar-refractivity contribution in [3.05, 3.63) is 23.9 Å². The van der Waals surface area contributed by atoms with E-state index in [-0.39, 0.29) is 29.9 Å². The second kappa shape index (κ2) is 4.82. The molecule has 3 rings (SSSR count). The van der Waals surface area contributed by atoms with Crippen LogP contribution in [0.4, 0.5) is 0 Å². The number of aliphatic hydroxyl groups excluding tert-OH is 1. The lowest BCUT2D eigenvalue weighted by Crippen LogP contribution is -2.41. The van der Waals surface area contributed by atoms with Gasteiger partial charge in [0, 0.05) is 6.20 Å². The fourth-order valence-corrected chi connectivity index (χ4v) is 3.89. The van der Waals surface area contributed by atoms with Crippen molar-refractivity contribution in [2.45, 2.75) is 49.1 Å². The molecule has 3 unspecified atom stereocenters. The standard InChI is InChI=1S/C12H16N2O4S/c15-7-8-1-4-12(13-6-8)19(16,17)14-10-5-9-2-3-11(10)18-9/h1,4,6,9-11,14-15H,2-3,5,7H2. The monoisotopic (exact) mass is 284 g/mol. The molecule has 104 valence electrons. The van der Waals surface area contributed by atoms with Gasteiger partial charge in [-0.1, -0.05) is 6.07 Å². The Morgan fingerprint density at radius 2 is 2.26 bits per heavy atom. The third-order valence-corrected chi connectivity index (χ3v) is 5.07. The second-order valence-electron chi connectivity index (χ2n) is 5.00. The molecule has 19 heavy (non-hydrogen) atoms. The molecule has 2 fully saturated rings. The SMILES string of the molecule is O=S(=O)(NC1CC2CCC1O2)c1ccc(CO)cn1. The van der Waals surface area contributed by atoms with E-state index in [4.69, 9.17) is 9.84 Å². The first-order chi connectivity index (χ1) is 9.08. The highest BCUT2D eigenvalue weighted by atomic mass is 32.2. The van der Waals surface area contributed by atoms with Crippen LogP contribution in [0.15, 0.2) is 23.4 Å². The molecule has 3 heterocycles. The molecule has 0 amide bonds. The van der Waals surface area contributed by atoms with Crippen LogP contribution in [0.2, 0.25) is 0 Å². The largest absolute Gasteiger partial charge is 0.392 e. The van der Waals surface area contributed by atoms with Gasteiger partial charge in [0.25, 0.3) is 10.0 Å². The van der Waals surface area contributed by atoms with Gasteiger partial charge in [0.15, 0.2) is 5.03 Å². The van der Waals surface area contributed by atoms with Crippen LogP contribution in [0.1, 0.15) is 24.8 Å². The smallest absolute Gasteiger partial charge is 0.258 e. The van der Waals surface area contributed by atoms with Crippen molar-refractivity contribution in [1.82, 2.24) is 9.71 Å². The zero-order chi connectivity index (χ0) is 13.5. The van der Waals surface area contributed by atoms with Crippen molar-refractivity contribution in [3.63, 3.8) is 0 Å². The molecule has 2 aliphatic rings. The molecule has 6 nitrogen and oxygen atoms in total. The van der Waals surface area contributed by atoms with Crippen LogP contribution in [0, 0.1) is 0 Å². The summed E-state index contributed by atoms with van der Waals surface area (Å²) < 4.78 is 32.6. The van der Waals surface area contributed by atoms with Crippen LogP contribution in [-0.2, 0) is 21.4 Å². The summed E-state index contributed by atoms with van der Waals surface area (Å²) in [7, 11) is -3.61. The predicted molar refractivity (Wildman–Crippen MR) is 66.8 cm³/mol. The van der Waals surface area contributed by atoms with Gasteiger partial charge in [-0.25, -0.2) is 18.1 Å². The molecule has 0 aliphatic carbocycles. The Labute approximate surface area is 111 Å². The highest BCUT2D eigenvalue weighted by molar-refractivity contribution is 7.89. The second-order valence-corrected chi connectivity index (χ2v) is 6.66. The third-order valence-electron chi connectivity index (χ3n) is 3.67. The number of ether oxygens (including phenoxy) is 1. The molecule has 2 N–H and O–H groups in total.